The number of carbonyl (C=O) groups is 1. The third-order valence-electron chi connectivity index (χ3n) is 2.64. The van der Waals surface area contributed by atoms with Gasteiger partial charge in [0.2, 0.25) is 0 Å². The van der Waals surface area contributed by atoms with Gasteiger partial charge in [0.25, 0.3) is 0 Å². The summed E-state index contributed by atoms with van der Waals surface area (Å²) in [5, 5.41) is 0.579. The molecule has 5 heteroatoms. The van der Waals surface area contributed by atoms with Crippen molar-refractivity contribution in [3.8, 4) is 0 Å². The van der Waals surface area contributed by atoms with Gasteiger partial charge in [-0.3, -0.25) is 4.79 Å². The molecule has 0 atom stereocenters. The van der Waals surface area contributed by atoms with Gasteiger partial charge in [-0.1, -0.05) is 35.3 Å². The minimum Gasteiger partial charge on any atom is -0.294 e. The zero-order valence-corrected chi connectivity index (χ0v) is 11.1. The first-order valence-corrected chi connectivity index (χ1v) is 6.16. The number of rotatable bonds is 3. The van der Waals surface area contributed by atoms with Crippen LogP contribution in [0.2, 0.25) is 10.0 Å². The lowest BCUT2D eigenvalue weighted by Crippen LogP contribution is -2.09. The Morgan fingerprint density at radius 3 is 1.95 bits per heavy atom. The van der Waals surface area contributed by atoms with Gasteiger partial charge in [0.1, 0.15) is 11.6 Å². The molecule has 0 unspecified atom stereocenters. The molecule has 0 aliphatic rings. The molecular weight excluding hydrogens is 293 g/mol. The number of hydrogen-bond acceptors (Lipinski definition) is 1. The average molecular weight is 301 g/mol. The second-order valence-electron chi connectivity index (χ2n) is 3.90. The second-order valence-corrected chi connectivity index (χ2v) is 4.71. The molecule has 0 radical (unpaired) electrons. The Bertz CT molecular complexity index is 601. The van der Waals surface area contributed by atoms with E-state index in [0.717, 1.165) is 12.1 Å². The Kier molecular flexibility index (Phi) is 4.17. The van der Waals surface area contributed by atoms with Crippen molar-refractivity contribution in [2.24, 2.45) is 0 Å². The van der Waals surface area contributed by atoms with Crippen LogP contribution in [-0.2, 0) is 6.42 Å². The lowest BCUT2D eigenvalue weighted by atomic mass is 10.0. The molecule has 0 N–H and O–H groups in total. The Morgan fingerprint density at radius 2 is 1.42 bits per heavy atom. The topological polar surface area (TPSA) is 17.1 Å². The molecule has 2 aromatic rings. The van der Waals surface area contributed by atoms with Gasteiger partial charge in [-0.25, -0.2) is 8.78 Å². The maximum Gasteiger partial charge on any atom is 0.173 e. The molecule has 0 spiro atoms. The lowest BCUT2D eigenvalue weighted by molar-refractivity contribution is 0.0985. The van der Waals surface area contributed by atoms with Crippen LogP contribution in [0.25, 0.3) is 0 Å². The molecule has 0 bridgehead atoms. The number of halogens is 4. The Balaban J connectivity index is 2.37. The van der Waals surface area contributed by atoms with Crippen molar-refractivity contribution >= 4 is 29.0 Å². The van der Waals surface area contributed by atoms with Gasteiger partial charge in [0.15, 0.2) is 5.78 Å². The number of ketones is 1. The van der Waals surface area contributed by atoms with Crippen LogP contribution in [0.15, 0.2) is 36.4 Å². The van der Waals surface area contributed by atoms with Crippen LogP contribution >= 0.6 is 23.2 Å². The molecule has 19 heavy (non-hydrogen) atoms. The molecular formula is C14H8Cl2F2O. The summed E-state index contributed by atoms with van der Waals surface area (Å²) >= 11 is 11.8. The van der Waals surface area contributed by atoms with Crippen molar-refractivity contribution in [3.63, 3.8) is 0 Å². The summed E-state index contributed by atoms with van der Waals surface area (Å²) < 4.78 is 27.0. The fourth-order valence-electron chi connectivity index (χ4n) is 1.71. The van der Waals surface area contributed by atoms with Crippen molar-refractivity contribution in [1.82, 2.24) is 0 Å². The van der Waals surface area contributed by atoms with Crippen LogP contribution < -0.4 is 0 Å². The minimum atomic E-state index is -0.895. The van der Waals surface area contributed by atoms with Gasteiger partial charge >= 0.3 is 0 Å². The number of benzene rings is 2. The first-order valence-electron chi connectivity index (χ1n) is 5.41. The van der Waals surface area contributed by atoms with E-state index in [9.17, 15) is 13.6 Å². The highest BCUT2D eigenvalue weighted by molar-refractivity contribution is 6.36. The third kappa shape index (κ3) is 2.94. The van der Waals surface area contributed by atoms with E-state index >= 15 is 0 Å². The summed E-state index contributed by atoms with van der Waals surface area (Å²) in [6, 6.07) is 8.02. The Hall–Kier alpha value is -1.45. The van der Waals surface area contributed by atoms with Gasteiger partial charge in [0.05, 0.1) is 5.56 Å². The maximum absolute atomic E-state index is 13.5. The summed E-state index contributed by atoms with van der Waals surface area (Å²) in [5.41, 5.74) is -0.211. The van der Waals surface area contributed by atoms with Crippen molar-refractivity contribution in [2.45, 2.75) is 6.42 Å². The molecule has 2 aromatic carbocycles. The molecule has 0 fully saturated rings. The van der Waals surface area contributed by atoms with Crippen LogP contribution in [0.5, 0.6) is 0 Å². The minimum absolute atomic E-state index is 0.254. The fraction of sp³-hybridized carbons (Fsp3) is 0.0714. The average Bonchev–Trinajstić information content (AvgIpc) is 2.34. The lowest BCUT2D eigenvalue weighted by Gasteiger charge is -2.07. The molecule has 0 aliphatic heterocycles. The predicted molar refractivity (Wildman–Crippen MR) is 70.9 cm³/mol. The van der Waals surface area contributed by atoms with Crippen LogP contribution in [-0.4, -0.2) is 5.78 Å². The van der Waals surface area contributed by atoms with E-state index < -0.39 is 23.0 Å². The SMILES string of the molecule is O=C(Cc1c(Cl)cccc1Cl)c1c(F)cccc1F. The highest BCUT2D eigenvalue weighted by Crippen LogP contribution is 2.26. The van der Waals surface area contributed by atoms with Crippen LogP contribution in [0.1, 0.15) is 15.9 Å². The molecule has 0 saturated carbocycles. The van der Waals surface area contributed by atoms with Gasteiger partial charge in [0, 0.05) is 16.5 Å². The Morgan fingerprint density at radius 1 is 0.947 bits per heavy atom. The first kappa shape index (κ1) is 14.0. The Labute approximate surface area is 118 Å². The van der Waals surface area contributed by atoms with E-state index in [-0.39, 0.29) is 16.5 Å². The van der Waals surface area contributed by atoms with Gasteiger partial charge < -0.3 is 0 Å². The van der Waals surface area contributed by atoms with Crippen molar-refractivity contribution < 1.29 is 13.6 Å². The van der Waals surface area contributed by atoms with E-state index in [2.05, 4.69) is 0 Å². The normalized spacial score (nSPS) is 10.5. The molecule has 0 aliphatic carbocycles. The third-order valence-corrected chi connectivity index (χ3v) is 3.35. The molecule has 0 aromatic heterocycles. The fourth-order valence-corrected chi connectivity index (χ4v) is 2.25. The van der Waals surface area contributed by atoms with E-state index in [1.165, 1.54) is 6.07 Å². The summed E-state index contributed by atoms with van der Waals surface area (Å²) in [7, 11) is 0. The largest absolute Gasteiger partial charge is 0.294 e. The van der Waals surface area contributed by atoms with Gasteiger partial charge in [-0.15, -0.1) is 0 Å². The van der Waals surface area contributed by atoms with Crippen LogP contribution in [0.3, 0.4) is 0 Å². The smallest absolute Gasteiger partial charge is 0.173 e. The van der Waals surface area contributed by atoms with E-state index in [4.69, 9.17) is 23.2 Å². The highest BCUT2D eigenvalue weighted by Gasteiger charge is 2.19. The van der Waals surface area contributed by atoms with Crippen molar-refractivity contribution in [3.05, 3.63) is 69.2 Å². The number of Topliss-reactive ketones (excluding diaryl/α,β-unsaturated/α-hetero) is 1. The maximum atomic E-state index is 13.5. The highest BCUT2D eigenvalue weighted by atomic mass is 35.5. The van der Waals surface area contributed by atoms with E-state index in [1.54, 1.807) is 18.2 Å². The predicted octanol–water partition coefficient (Wildman–Crippen LogP) is 4.70. The molecule has 1 nitrogen and oxygen atoms in total. The van der Waals surface area contributed by atoms with E-state index in [1.807, 2.05) is 0 Å². The zero-order valence-electron chi connectivity index (χ0n) is 9.59. The molecule has 2 rings (SSSR count). The van der Waals surface area contributed by atoms with Crippen LogP contribution in [0.4, 0.5) is 8.78 Å². The summed E-state index contributed by atoms with van der Waals surface area (Å²) in [6.07, 6.45) is -0.254. The summed E-state index contributed by atoms with van der Waals surface area (Å²) in [6.45, 7) is 0. The molecule has 0 heterocycles. The molecule has 0 amide bonds. The quantitative estimate of drug-likeness (QED) is 0.751. The van der Waals surface area contributed by atoms with Crippen LogP contribution in [0, 0.1) is 11.6 Å². The van der Waals surface area contributed by atoms with E-state index in [0.29, 0.717) is 5.56 Å². The van der Waals surface area contributed by atoms with Gasteiger partial charge in [-0.05, 0) is 29.8 Å². The number of carbonyl (C=O) groups excluding carboxylic acids is 1. The monoisotopic (exact) mass is 300 g/mol. The standard InChI is InChI=1S/C14H8Cl2F2O/c15-9-3-1-4-10(16)8(9)7-13(19)14-11(17)5-2-6-12(14)18/h1-6H,7H2. The summed E-state index contributed by atoms with van der Waals surface area (Å²) in [5.74, 6) is -2.49. The zero-order chi connectivity index (χ0) is 14.0. The second kappa shape index (κ2) is 5.68. The molecule has 0 saturated heterocycles. The van der Waals surface area contributed by atoms with Crippen molar-refractivity contribution in [1.29, 1.82) is 0 Å². The van der Waals surface area contributed by atoms with Crippen molar-refractivity contribution in [2.75, 3.05) is 0 Å². The number of hydrogen-bond donors (Lipinski definition) is 0. The van der Waals surface area contributed by atoms with Gasteiger partial charge in [-0.2, -0.15) is 0 Å². The first-order chi connectivity index (χ1) is 9.00. The molecule has 98 valence electrons. The summed E-state index contributed by atoms with van der Waals surface area (Å²) in [4.78, 5) is 12.0.